The number of halogens is 2. The highest BCUT2D eigenvalue weighted by Crippen LogP contribution is 2.30. The molecular weight excluding hydrogens is 354 g/mol. The summed E-state index contributed by atoms with van der Waals surface area (Å²) in [6, 6.07) is 6.07. The molecule has 0 spiro atoms. The van der Waals surface area contributed by atoms with Crippen LogP contribution in [0.2, 0.25) is 0 Å². The van der Waals surface area contributed by atoms with E-state index in [0.29, 0.717) is 27.6 Å². The standard InChI is InChI=1S/C14H8F2N6S2/c15-10-4-9-12(5-11(10)16)17-7-18-13(9)24-14-19-20-21-22(14)6-8-2-1-3-23-8/h1-5,7H,6H2. The zero-order valence-corrected chi connectivity index (χ0v) is 13.6. The molecule has 6 nitrogen and oxygen atoms in total. The number of aromatic nitrogens is 6. The Balaban J connectivity index is 1.70. The monoisotopic (exact) mass is 362 g/mol. The van der Waals surface area contributed by atoms with E-state index in [-0.39, 0.29) is 0 Å². The molecule has 0 N–H and O–H groups in total. The van der Waals surface area contributed by atoms with Crippen molar-refractivity contribution < 1.29 is 8.78 Å². The molecule has 120 valence electrons. The topological polar surface area (TPSA) is 69.4 Å². The van der Waals surface area contributed by atoms with Gasteiger partial charge >= 0.3 is 0 Å². The molecular formula is C14H8F2N6S2. The molecule has 24 heavy (non-hydrogen) atoms. The van der Waals surface area contributed by atoms with Crippen LogP contribution in [-0.4, -0.2) is 30.2 Å². The Morgan fingerprint density at radius 1 is 1.17 bits per heavy atom. The highest BCUT2D eigenvalue weighted by atomic mass is 32.2. The van der Waals surface area contributed by atoms with E-state index in [1.54, 1.807) is 16.0 Å². The van der Waals surface area contributed by atoms with Gasteiger partial charge in [-0.2, -0.15) is 0 Å². The quantitative estimate of drug-likeness (QED) is 0.520. The second-order valence-electron chi connectivity index (χ2n) is 4.76. The Kier molecular flexibility index (Phi) is 3.90. The van der Waals surface area contributed by atoms with Crippen LogP contribution in [0.25, 0.3) is 10.9 Å². The minimum atomic E-state index is -0.947. The zero-order chi connectivity index (χ0) is 16.5. The van der Waals surface area contributed by atoms with Crippen LogP contribution in [0.3, 0.4) is 0 Å². The van der Waals surface area contributed by atoms with Gasteiger partial charge in [0, 0.05) is 16.3 Å². The summed E-state index contributed by atoms with van der Waals surface area (Å²) in [6.45, 7) is 0.527. The number of hydrogen-bond donors (Lipinski definition) is 0. The predicted octanol–water partition coefficient (Wildman–Crippen LogP) is 3.16. The molecule has 1 aromatic carbocycles. The fraction of sp³-hybridized carbons (Fsp3) is 0.0714. The second-order valence-corrected chi connectivity index (χ2v) is 6.75. The van der Waals surface area contributed by atoms with E-state index in [1.165, 1.54) is 18.1 Å². The molecule has 0 saturated heterocycles. The second kappa shape index (κ2) is 6.21. The van der Waals surface area contributed by atoms with Crippen molar-refractivity contribution in [3.63, 3.8) is 0 Å². The molecule has 3 heterocycles. The first-order chi connectivity index (χ1) is 11.7. The number of fused-ring (bicyclic) bond motifs is 1. The van der Waals surface area contributed by atoms with Crippen molar-refractivity contribution in [3.05, 3.63) is 52.5 Å². The molecule has 4 aromatic rings. The van der Waals surface area contributed by atoms with Crippen molar-refractivity contribution in [2.75, 3.05) is 0 Å². The average Bonchev–Trinajstić information content (AvgIpc) is 3.22. The van der Waals surface area contributed by atoms with Crippen LogP contribution in [0.5, 0.6) is 0 Å². The minimum absolute atomic E-state index is 0.323. The van der Waals surface area contributed by atoms with Crippen molar-refractivity contribution in [2.45, 2.75) is 16.7 Å². The Bertz CT molecular complexity index is 1000. The Morgan fingerprint density at radius 3 is 2.88 bits per heavy atom. The first kappa shape index (κ1) is 15.1. The molecule has 0 amide bonds. The maximum Gasteiger partial charge on any atom is 0.215 e. The summed E-state index contributed by atoms with van der Waals surface area (Å²) in [7, 11) is 0. The molecule has 0 atom stereocenters. The fourth-order valence-corrected chi connectivity index (χ4v) is 3.63. The van der Waals surface area contributed by atoms with Gasteiger partial charge in [-0.05, 0) is 39.7 Å². The maximum absolute atomic E-state index is 13.6. The Labute approximate surface area is 142 Å². The van der Waals surface area contributed by atoms with Crippen LogP contribution < -0.4 is 0 Å². The van der Waals surface area contributed by atoms with Gasteiger partial charge in [-0.25, -0.2) is 23.4 Å². The third-order valence-electron chi connectivity index (χ3n) is 3.21. The van der Waals surface area contributed by atoms with Crippen LogP contribution in [0.1, 0.15) is 4.88 Å². The van der Waals surface area contributed by atoms with Crippen LogP contribution in [0.15, 0.2) is 46.2 Å². The number of nitrogens with zero attached hydrogens (tertiary/aromatic N) is 6. The van der Waals surface area contributed by atoms with Crippen LogP contribution >= 0.6 is 23.1 Å². The molecule has 0 fully saturated rings. The lowest BCUT2D eigenvalue weighted by Gasteiger charge is -2.05. The van der Waals surface area contributed by atoms with Gasteiger partial charge in [-0.15, -0.1) is 16.4 Å². The molecule has 10 heteroatoms. The third-order valence-corrected chi connectivity index (χ3v) is 5.07. The van der Waals surface area contributed by atoms with E-state index >= 15 is 0 Å². The van der Waals surface area contributed by atoms with E-state index in [0.717, 1.165) is 17.0 Å². The molecule has 3 aromatic heterocycles. The molecule has 0 unspecified atom stereocenters. The zero-order valence-electron chi connectivity index (χ0n) is 11.9. The van der Waals surface area contributed by atoms with Crippen molar-refractivity contribution in [1.82, 2.24) is 30.2 Å². The molecule has 0 radical (unpaired) electrons. The van der Waals surface area contributed by atoms with Gasteiger partial charge in [0.1, 0.15) is 11.4 Å². The van der Waals surface area contributed by atoms with Crippen molar-refractivity contribution in [3.8, 4) is 0 Å². The van der Waals surface area contributed by atoms with E-state index < -0.39 is 11.6 Å². The molecule has 4 rings (SSSR count). The summed E-state index contributed by atoms with van der Waals surface area (Å²) in [5.74, 6) is -1.89. The fourth-order valence-electron chi connectivity index (χ4n) is 2.11. The normalized spacial score (nSPS) is 11.2. The molecule has 0 aliphatic heterocycles. The van der Waals surface area contributed by atoms with Crippen LogP contribution in [0.4, 0.5) is 8.78 Å². The Hall–Kier alpha value is -2.46. The van der Waals surface area contributed by atoms with Gasteiger partial charge in [0.2, 0.25) is 5.16 Å². The number of hydrogen-bond acceptors (Lipinski definition) is 7. The van der Waals surface area contributed by atoms with Crippen molar-refractivity contribution >= 4 is 34.0 Å². The van der Waals surface area contributed by atoms with E-state index in [4.69, 9.17) is 0 Å². The predicted molar refractivity (Wildman–Crippen MR) is 84.8 cm³/mol. The molecule has 0 aliphatic carbocycles. The smallest absolute Gasteiger partial charge is 0.215 e. The summed E-state index contributed by atoms with van der Waals surface area (Å²) in [4.78, 5) is 9.22. The van der Waals surface area contributed by atoms with Gasteiger partial charge < -0.3 is 0 Å². The number of rotatable bonds is 4. The largest absolute Gasteiger partial charge is 0.236 e. The number of thiophene rings is 1. The molecule has 0 aliphatic rings. The summed E-state index contributed by atoms with van der Waals surface area (Å²) in [6.07, 6.45) is 1.30. The number of tetrazole rings is 1. The molecule has 0 saturated carbocycles. The highest BCUT2D eigenvalue weighted by Gasteiger charge is 2.15. The lowest BCUT2D eigenvalue weighted by atomic mass is 10.2. The molecule has 0 bridgehead atoms. The van der Waals surface area contributed by atoms with Crippen LogP contribution in [-0.2, 0) is 6.54 Å². The van der Waals surface area contributed by atoms with Crippen molar-refractivity contribution in [1.29, 1.82) is 0 Å². The number of benzene rings is 1. The first-order valence-electron chi connectivity index (χ1n) is 6.77. The minimum Gasteiger partial charge on any atom is -0.236 e. The maximum atomic E-state index is 13.6. The van der Waals surface area contributed by atoms with Gasteiger partial charge in [0.25, 0.3) is 0 Å². The van der Waals surface area contributed by atoms with E-state index in [9.17, 15) is 8.78 Å². The summed E-state index contributed by atoms with van der Waals surface area (Å²) >= 11 is 2.78. The SMILES string of the molecule is Fc1cc2ncnc(Sc3nnnn3Cc3cccs3)c2cc1F. The van der Waals surface area contributed by atoms with Gasteiger partial charge in [-0.3, -0.25) is 0 Å². The summed E-state index contributed by atoms with van der Waals surface area (Å²) in [5.41, 5.74) is 0.323. The van der Waals surface area contributed by atoms with Crippen LogP contribution in [0, 0.1) is 11.6 Å². The average molecular weight is 362 g/mol. The van der Waals surface area contributed by atoms with E-state index in [2.05, 4.69) is 25.5 Å². The lowest BCUT2D eigenvalue weighted by Crippen LogP contribution is -2.02. The van der Waals surface area contributed by atoms with Gasteiger partial charge in [0.15, 0.2) is 11.6 Å². The third kappa shape index (κ3) is 2.85. The Morgan fingerprint density at radius 2 is 2.04 bits per heavy atom. The lowest BCUT2D eigenvalue weighted by molar-refractivity contribution is 0.510. The van der Waals surface area contributed by atoms with Crippen molar-refractivity contribution in [2.24, 2.45) is 0 Å². The van der Waals surface area contributed by atoms with Gasteiger partial charge in [-0.1, -0.05) is 6.07 Å². The summed E-state index contributed by atoms with van der Waals surface area (Å²) in [5, 5.41) is 15.0. The highest BCUT2D eigenvalue weighted by molar-refractivity contribution is 7.99. The first-order valence-corrected chi connectivity index (χ1v) is 8.46. The summed E-state index contributed by atoms with van der Waals surface area (Å²) < 4.78 is 28.5. The van der Waals surface area contributed by atoms with E-state index in [1.807, 2.05) is 17.5 Å². The van der Waals surface area contributed by atoms with Gasteiger partial charge in [0.05, 0.1) is 12.1 Å².